The molecule has 7 heteroatoms. The van der Waals surface area contributed by atoms with E-state index in [-0.39, 0.29) is 18.1 Å². The topological polar surface area (TPSA) is 88.8 Å². The number of carboxylic acids is 1. The first-order valence-electron chi connectivity index (χ1n) is 10.4. The summed E-state index contributed by atoms with van der Waals surface area (Å²) in [5.74, 6) is -0.768. The summed E-state index contributed by atoms with van der Waals surface area (Å²) in [5.41, 5.74) is 3.74. The van der Waals surface area contributed by atoms with Crippen LogP contribution >= 0.6 is 0 Å². The van der Waals surface area contributed by atoms with Crippen LogP contribution < -0.4 is 10.1 Å². The molecule has 3 rings (SSSR count). The van der Waals surface area contributed by atoms with Gasteiger partial charge in [-0.3, -0.25) is 9.59 Å². The number of unbranched alkanes of at least 4 members (excludes halogenated alkanes) is 2. The number of nitrogens with one attached hydrogen (secondary N) is 1. The average molecular weight is 439 g/mol. The van der Waals surface area contributed by atoms with Gasteiger partial charge in [0.1, 0.15) is 17.1 Å². The number of halogens is 1. The number of methoxy groups -OCH3 is 1. The Bertz CT molecular complexity index is 1130. The van der Waals surface area contributed by atoms with Crippen molar-refractivity contribution in [1.29, 1.82) is 0 Å². The van der Waals surface area contributed by atoms with Crippen molar-refractivity contribution in [2.24, 2.45) is 0 Å². The van der Waals surface area contributed by atoms with Crippen LogP contribution in [0.3, 0.4) is 0 Å². The van der Waals surface area contributed by atoms with E-state index < -0.39 is 5.97 Å². The van der Waals surface area contributed by atoms with Crippen molar-refractivity contribution in [2.75, 3.05) is 13.7 Å². The smallest absolute Gasteiger partial charge is 0.303 e. The third kappa shape index (κ3) is 5.75. The number of carboxylic acid groups (broad SMARTS) is 1. The molecule has 1 aromatic heterocycles. The number of aliphatic carboxylic acids is 1. The fourth-order valence-corrected chi connectivity index (χ4v) is 3.50. The normalized spacial score (nSPS) is 11.5. The second-order valence-corrected chi connectivity index (χ2v) is 7.53. The maximum absolute atomic E-state index is 13.3. The van der Waals surface area contributed by atoms with E-state index in [1.165, 1.54) is 18.2 Å². The van der Waals surface area contributed by atoms with Crippen LogP contribution in [-0.4, -0.2) is 30.6 Å². The molecule has 0 fully saturated rings. The van der Waals surface area contributed by atoms with E-state index in [9.17, 15) is 14.0 Å². The Morgan fingerprint density at radius 2 is 1.91 bits per heavy atom. The van der Waals surface area contributed by atoms with Gasteiger partial charge in [-0.05, 0) is 49.1 Å². The summed E-state index contributed by atoms with van der Waals surface area (Å²) in [6.45, 7) is 2.31. The van der Waals surface area contributed by atoms with Crippen molar-refractivity contribution in [3.8, 4) is 16.9 Å². The number of carbonyl (C=O) groups excluding carboxylic acids is 1. The Kier molecular flexibility index (Phi) is 7.65. The SMILES string of the molecule is COc1cc2occ(-c3ccc(F)cc3)c2cc1/C(C)=C/C(=O)NCCCCCC(=O)O. The van der Waals surface area contributed by atoms with Gasteiger partial charge in [-0.25, -0.2) is 4.39 Å². The first-order chi connectivity index (χ1) is 15.4. The van der Waals surface area contributed by atoms with E-state index in [1.54, 1.807) is 31.6 Å². The van der Waals surface area contributed by atoms with Gasteiger partial charge in [0.2, 0.25) is 5.91 Å². The molecule has 6 nitrogen and oxygen atoms in total. The second-order valence-electron chi connectivity index (χ2n) is 7.53. The van der Waals surface area contributed by atoms with Crippen LogP contribution in [0, 0.1) is 5.82 Å². The molecule has 0 bridgehead atoms. The van der Waals surface area contributed by atoms with E-state index in [0.717, 1.165) is 40.5 Å². The lowest BCUT2D eigenvalue weighted by atomic mass is 9.99. The Balaban J connectivity index is 1.77. The van der Waals surface area contributed by atoms with Crippen LogP contribution in [-0.2, 0) is 9.59 Å². The van der Waals surface area contributed by atoms with Gasteiger partial charge in [0.25, 0.3) is 0 Å². The summed E-state index contributed by atoms with van der Waals surface area (Å²) in [6.07, 6.45) is 5.33. The second kappa shape index (κ2) is 10.6. The molecule has 0 atom stereocenters. The number of furan rings is 1. The van der Waals surface area contributed by atoms with Gasteiger partial charge in [0, 0.05) is 41.6 Å². The summed E-state index contributed by atoms with van der Waals surface area (Å²) >= 11 is 0. The van der Waals surface area contributed by atoms with E-state index in [1.807, 2.05) is 13.0 Å². The minimum atomic E-state index is -0.807. The minimum absolute atomic E-state index is 0.142. The number of ether oxygens (including phenoxy) is 1. The van der Waals surface area contributed by atoms with E-state index in [4.69, 9.17) is 14.3 Å². The molecule has 0 unspecified atom stereocenters. The summed E-state index contributed by atoms with van der Waals surface area (Å²) in [6, 6.07) is 9.86. The fraction of sp³-hybridized carbons (Fsp3) is 0.280. The number of hydrogen-bond donors (Lipinski definition) is 2. The van der Waals surface area contributed by atoms with Gasteiger partial charge in [0.05, 0.1) is 13.4 Å². The molecule has 1 heterocycles. The van der Waals surface area contributed by atoms with Gasteiger partial charge in [-0.2, -0.15) is 0 Å². The van der Waals surface area contributed by atoms with E-state index in [2.05, 4.69) is 5.32 Å². The van der Waals surface area contributed by atoms with Gasteiger partial charge in [0.15, 0.2) is 0 Å². The zero-order valence-corrected chi connectivity index (χ0v) is 18.1. The van der Waals surface area contributed by atoms with Gasteiger partial charge < -0.3 is 19.6 Å². The lowest BCUT2D eigenvalue weighted by molar-refractivity contribution is -0.137. The highest BCUT2D eigenvalue weighted by Gasteiger charge is 2.15. The van der Waals surface area contributed by atoms with Crippen molar-refractivity contribution in [3.05, 3.63) is 60.1 Å². The van der Waals surface area contributed by atoms with Crippen molar-refractivity contribution in [1.82, 2.24) is 5.32 Å². The van der Waals surface area contributed by atoms with Crippen LogP contribution in [0.2, 0.25) is 0 Å². The standard InChI is InChI=1S/C25H26FNO5/c1-16(12-24(28)27-11-5-3-4-6-25(29)30)19-13-20-21(17-7-9-18(26)10-8-17)15-32-23(20)14-22(19)31-2/h7-10,12-15H,3-6,11H2,1-2H3,(H,27,28)(H,29,30)/b16-12+. The average Bonchev–Trinajstić information content (AvgIpc) is 3.18. The number of hydrogen-bond acceptors (Lipinski definition) is 4. The largest absolute Gasteiger partial charge is 0.496 e. The molecule has 2 aromatic carbocycles. The predicted molar refractivity (Wildman–Crippen MR) is 121 cm³/mol. The van der Waals surface area contributed by atoms with Gasteiger partial charge in [-0.15, -0.1) is 0 Å². The highest BCUT2D eigenvalue weighted by Crippen LogP contribution is 2.37. The number of amides is 1. The lowest BCUT2D eigenvalue weighted by Gasteiger charge is -2.10. The van der Waals surface area contributed by atoms with Gasteiger partial charge >= 0.3 is 5.97 Å². The zero-order valence-electron chi connectivity index (χ0n) is 18.1. The molecule has 0 aliphatic heterocycles. The third-order valence-electron chi connectivity index (χ3n) is 5.19. The van der Waals surface area contributed by atoms with E-state index >= 15 is 0 Å². The van der Waals surface area contributed by atoms with E-state index in [0.29, 0.717) is 24.3 Å². The van der Waals surface area contributed by atoms with Crippen LogP contribution in [0.4, 0.5) is 4.39 Å². The molecule has 2 N–H and O–H groups in total. The molecular weight excluding hydrogens is 413 g/mol. The van der Waals surface area contributed by atoms with Crippen molar-refractivity contribution < 1.29 is 28.2 Å². The molecule has 32 heavy (non-hydrogen) atoms. The molecule has 0 radical (unpaired) electrons. The van der Waals surface area contributed by atoms with Gasteiger partial charge in [-0.1, -0.05) is 18.6 Å². The zero-order chi connectivity index (χ0) is 23.1. The number of benzene rings is 2. The van der Waals surface area contributed by atoms with Crippen LogP contribution in [0.1, 0.15) is 38.2 Å². The number of carbonyl (C=O) groups is 2. The predicted octanol–water partition coefficient (Wildman–Crippen LogP) is 5.41. The molecule has 0 saturated heterocycles. The maximum Gasteiger partial charge on any atom is 0.303 e. The molecule has 0 spiro atoms. The number of rotatable bonds is 10. The summed E-state index contributed by atoms with van der Waals surface area (Å²) < 4.78 is 24.5. The Labute approximate surface area is 185 Å². The Morgan fingerprint density at radius 1 is 1.16 bits per heavy atom. The minimum Gasteiger partial charge on any atom is -0.496 e. The van der Waals surface area contributed by atoms with Crippen molar-refractivity contribution in [3.63, 3.8) is 0 Å². The molecule has 168 valence electrons. The highest BCUT2D eigenvalue weighted by atomic mass is 19.1. The monoisotopic (exact) mass is 439 g/mol. The first-order valence-corrected chi connectivity index (χ1v) is 10.4. The lowest BCUT2D eigenvalue weighted by Crippen LogP contribution is -2.22. The van der Waals surface area contributed by atoms with Crippen LogP contribution in [0.15, 0.2) is 53.2 Å². The van der Waals surface area contributed by atoms with Crippen molar-refractivity contribution >= 4 is 28.4 Å². The van der Waals surface area contributed by atoms with Crippen molar-refractivity contribution in [2.45, 2.75) is 32.6 Å². The summed E-state index contributed by atoms with van der Waals surface area (Å²) in [4.78, 5) is 22.8. The molecule has 3 aromatic rings. The van der Waals surface area contributed by atoms with Crippen LogP contribution in [0.5, 0.6) is 5.75 Å². The molecule has 0 aliphatic carbocycles. The fourth-order valence-electron chi connectivity index (χ4n) is 3.50. The molecular formula is C25H26FNO5. The molecule has 1 amide bonds. The first kappa shape index (κ1) is 23.1. The maximum atomic E-state index is 13.3. The number of fused-ring (bicyclic) bond motifs is 1. The third-order valence-corrected chi connectivity index (χ3v) is 5.19. The Morgan fingerprint density at radius 3 is 2.59 bits per heavy atom. The summed E-state index contributed by atoms with van der Waals surface area (Å²) in [5, 5.41) is 12.3. The summed E-state index contributed by atoms with van der Waals surface area (Å²) in [7, 11) is 1.55. The molecule has 0 aliphatic rings. The highest BCUT2D eigenvalue weighted by molar-refractivity contribution is 6.00. The quantitative estimate of drug-likeness (QED) is 0.326. The van der Waals surface area contributed by atoms with Crippen LogP contribution in [0.25, 0.3) is 27.7 Å². The molecule has 0 saturated carbocycles. The Hall–Kier alpha value is -3.61. The number of allylic oxidation sites excluding steroid dienone is 1.